The van der Waals surface area contributed by atoms with Gasteiger partial charge in [-0.05, 0) is 56.6 Å². The molecule has 2 aromatic rings. The second-order valence-electron chi connectivity index (χ2n) is 5.07. The molecule has 106 valence electrons. The monoisotopic (exact) mass is 273 g/mol. The smallest absolute Gasteiger partial charge is 0.167 e. The molecule has 2 rings (SSSR count). The van der Waals surface area contributed by atoms with Crippen molar-refractivity contribution >= 4 is 0 Å². The van der Waals surface area contributed by atoms with Gasteiger partial charge in [0.1, 0.15) is 5.75 Å². The second kappa shape index (κ2) is 6.06. The topological polar surface area (TPSA) is 21.3 Å². The van der Waals surface area contributed by atoms with Crippen molar-refractivity contribution in [3.63, 3.8) is 0 Å². The molecule has 0 saturated heterocycles. The molecule has 1 N–H and O–H groups in total. The highest BCUT2D eigenvalue weighted by Gasteiger charge is 2.13. The summed E-state index contributed by atoms with van der Waals surface area (Å²) >= 11 is 0. The van der Waals surface area contributed by atoms with Gasteiger partial charge in [0.15, 0.2) is 11.6 Å². The van der Waals surface area contributed by atoms with Crippen LogP contribution in [0.25, 0.3) is 0 Å². The van der Waals surface area contributed by atoms with E-state index in [0.29, 0.717) is 18.0 Å². The number of para-hydroxylation sites is 1. The van der Waals surface area contributed by atoms with Crippen molar-refractivity contribution in [2.24, 2.45) is 0 Å². The predicted molar refractivity (Wildman–Crippen MR) is 79.9 cm³/mol. The van der Waals surface area contributed by atoms with Crippen LogP contribution in [0.2, 0.25) is 0 Å². The van der Waals surface area contributed by atoms with Gasteiger partial charge in [0.25, 0.3) is 0 Å². The molecular weight excluding hydrogens is 253 g/mol. The van der Waals surface area contributed by atoms with Gasteiger partial charge in [-0.1, -0.05) is 18.2 Å². The average molecular weight is 273 g/mol. The number of hydrogen-bond donors (Lipinski definition) is 1. The van der Waals surface area contributed by atoms with Crippen LogP contribution in [-0.4, -0.2) is 7.05 Å². The minimum Gasteiger partial charge on any atom is -0.454 e. The van der Waals surface area contributed by atoms with E-state index in [-0.39, 0.29) is 5.82 Å². The van der Waals surface area contributed by atoms with Crippen molar-refractivity contribution in [1.82, 2.24) is 5.32 Å². The van der Waals surface area contributed by atoms with E-state index < -0.39 is 0 Å². The molecule has 2 nitrogen and oxygen atoms in total. The van der Waals surface area contributed by atoms with Crippen LogP contribution in [0.3, 0.4) is 0 Å². The van der Waals surface area contributed by atoms with E-state index in [1.807, 2.05) is 40.0 Å². The number of rotatable bonds is 4. The van der Waals surface area contributed by atoms with Crippen LogP contribution in [0, 0.1) is 26.6 Å². The number of hydrogen-bond acceptors (Lipinski definition) is 2. The maximum absolute atomic E-state index is 14.0. The molecule has 0 heterocycles. The first-order valence-electron chi connectivity index (χ1n) is 6.70. The maximum Gasteiger partial charge on any atom is 0.167 e. The molecule has 0 amide bonds. The molecule has 0 atom stereocenters. The van der Waals surface area contributed by atoms with Gasteiger partial charge >= 0.3 is 0 Å². The highest BCUT2D eigenvalue weighted by atomic mass is 19.1. The third-order valence-electron chi connectivity index (χ3n) is 3.39. The first kappa shape index (κ1) is 14.5. The first-order valence-corrected chi connectivity index (χ1v) is 6.70. The first-order chi connectivity index (χ1) is 9.52. The molecule has 0 fully saturated rings. The van der Waals surface area contributed by atoms with Crippen LogP contribution in [0.1, 0.15) is 22.3 Å². The second-order valence-corrected chi connectivity index (χ2v) is 5.07. The fraction of sp³-hybridized carbons (Fsp3) is 0.294. The molecule has 0 spiro atoms. The highest BCUT2D eigenvalue weighted by molar-refractivity contribution is 5.46. The van der Waals surface area contributed by atoms with Gasteiger partial charge in [-0.2, -0.15) is 0 Å². The summed E-state index contributed by atoms with van der Waals surface area (Å²) in [5.74, 6) is 0.677. The van der Waals surface area contributed by atoms with Gasteiger partial charge in [-0.15, -0.1) is 0 Å². The highest BCUT2D eigenvalue weighted by Crippen LogP contribution is 2.32. The van der Waals surface area contributed by atoms with Crippen molar-refractivity contribution in [1.29, 1.82) is 0 Å². The Balaban J connectivity index is 2.44. The maximum atomic E-state index is 14.0. The van der Waals surface area contributed by atoms with Gasteiger partial charge in [0, 0.05) is 12.1 Å². The van der Waals surface area contributed by atoms with Crippen LogP contribution >= 0.6 is 0 Å². The molecule has 20 heavy (non-hydrogen) atoms. The van der Waals surface area contributed by atoms with Gasteiger partial charge in [-0.3, -0.25) is 0 Å². The fourth-order valence-corrected chi connectivity index (χ4v) is 2.21. The molecule has 0 aliphatic heterocycles. The summed E-state index contributed by atoms with van der Waals surface area (Å²) in [6.45, 7) is 6.60. The minimum absolute atomic E-state index is 0.301. The Bertz CT molecular complexity index is 623. The number of ether oxygens (including phenoxy) is 1. The van der Waals surface area contributed by atoms with Crippen LogP contribution in [0.5, 0.6) is 11.5 Å². The van der Waals surface area contributed by atoms with Crippen LogP contribution < -0.4 is 10.1 Å². The summed E-state index contributed by atoms with van der Waals surface area (Å²) < 4.78 is 19.9. The number of halogens is 1. The Labute approximate surface area is 119 Å². The van der Waals surface area contributed by atoms with Crippen molar-refractivity contribution < 1.29 is 9.13 Å². The number of nitrogens with one attached hydrogen (secondary N) is 1. The van der Waals surface area contributed by atoms with E-state index in [1.54, 1.807) is 6.07 Å². The van der Waals surface area contributed by atoms with E-state index in [4.69, 9.17) is 4.74 Å². The lowest BCUT2D eigenvalue weighted by atomic mass is 10.1. The summed E-state index contributed by atoms with van der Waals surface area (Å²) in [7, 11) is 1.83. The average Bonchev–Trinajstić information content (AvgIpc) is 2.39. The molecule has 3 heteroatoms. The largest absolute Gasteiger partial charge is 0.454 e. The zero-order valence-electron chi connectivity index (χ0n) is 12.4. The third-order valence-corrected chi connectivity index (χ3v) is 3.39. The van der Waals surface area contributed by atoms with E-state index in [2.05, 4.69) is 11.4 Å². The Morgan fingerprint density at radius 1 is 1.15 bits per heavy atom. The lowest BCUT2D eigenvalue weighted by molar-refractivity contribution is 0.431. The zero-order valence-corrected chi connectivity index (χ0v) is 12.4. The zero-order chi connectivity index (χ0) is 14.7. The van der Waals surface area contributed by atoms with Crippen molar-refractivity contribution in [2.75, 3.05) is 7.05 Å². The number of aryl methyl sites for hydroxylation is 2. The van der Waals surface area contributed by atoms with Gasteiger partial charge in [0.2, 0.25) is 0 Å². The van der Waals surface area contributed by atoms with Crippen LogP contribution in [-0.2, 0) is 6.54 Å². The Morgan fingerprint density at radius 2 is 1.90 bits per heavy atom. The van der Waals surface area contributed by atoms with E-state index in [9.17, 15) is 4.39 Å². The standard InChI is InChI=1S/C17H20FNO/c1-11-8-12(2)13(3)16(9-11)20-17-14(10-19-4)6-5-7-15(17)18/h5-9,19H,10H2,1-4H3. The Kier molecular flexibility index (Phi) is 4.40. The lowest BCUT2D eigenvalue weighted by Crippen LogP contribution is -2.07. The van der Waals surface area contributed by atoms with Crippen molar-refractivity contribution in [2.45, 2.75) is 27.3 Å². The fourth-order valence-electron chi connectivity index (χ4n) is 2.21. The van der Waals surface area contributed by atoms with E-state index >= 15 is 0 Å². The summed E-state index contributed by atoms with van der Waals surface area (Å²) in [6, 6.07) is 9.03. The molecular formula is C17H20FNO. The molecule has 0 unspecified atom stereocenters. The van der Waals surface area contributed by atoms with Gasteiger partial charge in [-0.25, -0.2) is 4.39 Å². The molecule has 0 aliphatic carbocycles. The summed E-state index contributed by atoms with van der Waals surface area (Å²) in [5.41, 5.74) is 4.10. The third kappa shape index (κ3) is 2.99. The molecule has 0 bridgehead atoms. The Morgan fingerprint density at radius 3 is 2.60 bits per heavy atom. The quantitative estimate of drug-likeness (QED) is 0.898. The molecule has 2 aromatic carbocycles. The predicted octanol–water partition coefficient (Wildman–Crippen LogP) is 4.26. The summed E-state index contributed by atoms with van der Waals surface area (Å²) in [5, 5.41) is 3.03. The minimum atomic E-state index is -0.337. The summed E-state index contributed by atoms with van der Waals surface area (Å²) in [6.07, 6.45) is 0. The normalized spacial score (nSPS) is 10.7. The summed E-state index contributed by atoms with van der Waals surface area (Å²) in [4.78, 5) is 0. The van der Waals surface area contributed by atoms with Crippen molar-refractivity contribution in [3.8, 4) is 11.5 Å². The molecule has 0 aliphatic rings. The van der Waals surface area contributed by atoms with E-state index in [0.717, 1.165) is 22.3 Å². The van der Waals surface area contributed by atoms with Gasteiger partial charge < -0.3 is 10.1 Å². The molecule has 0 saturated carbocycles. The lowest BCUT2D eigenvalue weighted by Gasteiger charge is -2.15. The Hall–Kier alpha value is -1.87. The number of benzene rings is 2. The van der Waals surface area contributed by atoms with Crippen LogP contribution in [0.15, 0.2) is 30.3 Å². The molecule has 0 aromatic heterocycles. The van der Waals surface area contributed by atoms with E-state index in [1.165, 1.54) is 6.07 Å². The molecule has 0 radical (unpaired) electrons. The SMILES string of the molecule is CNCc1cccc(F)c1Oc1cc(C)cc(C)c1C. The van der Waals surface area contributed by atoms with Gasteiger partial charge in [0.05, 0.1) is 0 Å². The van der Waals surface area contributed by atoms with Crippen LogP contribution in [0.4, 0.5) is 4.39 Å². The van der Waals surface area contributed by atoms with Crippen molar-refractivity contribution in [3.05, 3.63) is 58.4 Å².